The van der Waals surface area contributed by atoms with Gasteiger partial charge in [0.25, 0.3) is 7.82 Å². The molecule has 0 fully saturated rings. The second-order valence-corrected chi connectivity index (χ2v) is 21.3. The van der Waals surface area contributed by atoms with Gasteiger partial charge in [-0.3, -0.25) is 14.2 Å². The molecule has 0 saturated carbocycles. The number of unbranched alkanes of at least 4 members (excludes halogenated alkanes) is 23. The van der Waals surface area contributed by atoms with Crippen LogP contribution in [0.15, 0.2) is 109 Å². The maximum Gasteiger partial charge on any atom is 0.306 e. The number of ether oxygens (including phenoxy) is 1. The summed E-state index contributed by atoms with van der Waals surface area (Å²) < 4.78 is 30.2. The fourth-order valence-electron chi connectivity index (χ4n) is 7.48. The minimum absolute atomic E-state index is 0.0382. The number of likely N-dealkylation sites (N-methyl/N-ethyl adjacent to an activating group) is 1. The van der Waals surface area contributed by atoms with Crippen LogP contribution in [-0.2, 0) is 27.9 Å². The van der Waals surface area contributed by atoms with E-state index in [4.69, 9.17) is 13.8 Å². The Bertz CT molecular complexity index is 1580. The van der Waals surface area contributed by atoms with Crippen molar-refractivity contribution in [3.05, 3.63) is 109 Å². The van der Waals surface area contributed by atoms with Crippen molar-refractivity contribution >= 4 is 19.7 Å². The quantitative estimate of drug-likeness (QED) is 0.0161. The van der Waals surface area contributed by atoms with E-state index >= 15 is 0 Å². The molecule has 1 amide bonds. The molecule has 0 rings (SSSR count). The lowest BCUT2D eigenvalue weighted by Gasteiger charge is -2.30. The molecule has 1 N–H and O–H groups in total. The van der Waals surface area contributed by atoms with Crippen molar-refractivity contribution in [3.63, 3.8) is 0 Å². The van der Waals surface area contributed by atoms with Crippen LogP contribution in [0.4, 0.5) is 0 Å². The summed E-state index contributed by atoms with van der Waals surface area (Å²) in [4.78, 5) is 39.8. The molecule has 0 aliphatic heterocycles. The minimum Gasteiger partial charge on any atom is -0.756 e. The van der Waals surface area contributed by atoms with Gasteiger partial charge in [-0.05, 0) is 76.7 Å². The minimum atomic E-state index is -4.71. The lowest BCUT2D eigenvalue weighted by atomic mass is 10.0. The molecule has 71 heavy (non-hydrogen) atoms. The van der Waals surface area contributed by atoms with E-state index < -0.39 is 26.6 Å². The molecule has 0 bridgehead atoms. The van der Waals surface area contributed by atoms with Crippen molar-refractivity contribution in [1.82, 2.24) is 5.32 Å². The molecule has 3 atom stereocenters. The maximum absolute atomic E-state index is 13.5. The lowest BCUT2D eigenvalue weighted by Crippen LogP contribution is -2.47. The highest BCUT2D eigenvalue weighted by atomic mass is 31.2. The molecule has 0 radical (unpaired) electrons. The monoisotopic (exact) mass is 1010 g/mol. The Morgan fingerprint density at radius 2 is 0.901 bits per heavy atom. The van der Waals surface area contributed by atoms with Crippen molar-refractivity contribution in [1.29, 1.82) is 0 Å². The average molecular weight is 1010 g/mol. The predicted molar refractivity (Wildman–Crippen MR) is 302 cm³/mol. The Balaban J connectivity index is 5.52. The number of phosphoric acid groups is 1. The predicted octanol–water partition coefficient (Wildman–Crippen LogP) is 16.4. The van der Waals surface area contributed by atoms with E-state index in [0.717, 1.165) is 89.9 Å². The molecule has 9 nitrogen and oxygen atoms in total. The first-order chi connectivity index (χ1) is 34.4. The summed E-state index contributed by atoms with van der Waals surface area (Å²) in [6, 6.07) is -0.919. The number of quaternary nitrogens is 1. The molecule has 3 unspecified atom stereocenters. The highest BCUT2D eigenvalue weighted by Gasteiger charge is 2.27. The Hall–Kier alpha value is -3.33. The van der Waals surface area contributed by atoms with Gasteiger partial charge in [-0.2, -0.15) is 0 Å². The standard InChI is InChI=1S/C61H105N2O7P/c1-7-10-13-16-19-22-25-28-30-31-33-36-39-42-45-48-51-54-61(65)70-59(52-49-46-43-40-37-34-27-24-21-18-15-12-9-3)58(57-69-71(66,67)68-56-55-63(4,5)6)62-60(64)53-50-47-44-41-38-35-32-29-26-23-20-17-14-11-8-2/h10,13,16,19-20,22-23,25-26,28-31,33,36,39,49,52,58-59H,7-9,11-12,14-15,17-18,21,24,27,32,34-35,37-38,40-48,50-51,53-57H2,1-6H3,(H-,62,64,66,67)/b13-10-,19-16+,23-20+,25-22+,29-26+,30-28-,33-31+,39-36+,52-49+. The highest BCUT2D eigenvalue weighted by molar-refractivity contribution is 7.45. The third-order valence-electron chi connectivity index (χ3n) is 11.9. The molecular formula is C61H105N2O7P. The summed E-state index contributed by atoms with van der Waals surface area (Å²) in [5.74, 6) is -0.614. The van der Waals surface area contributed by atoms with Crippen LogP contribution in [0.1, 0.15) is 213 Å². The van der Waals surface area contributed by atoms with Crippen LogP contribution in [0.2, 0.25) is 0 Å². The number of hydrogen-bond donors (Lipinski definition) is 1. The first kappa shape index (κ1) is 67.7. The van der Waals surface area contributed by atoms with Crippen molar-refractivity contribution in [2.45, 2.75) is 226 Å². The first-order valence-electron chi connectivity index (χ1n) is 28.3. The second kappa shape index (κ2) is 50.2. The zero-order valence-electron chi connectivity index (χ0n) is 46.1. The summed E-state index contributed by atoms with van der Waals surface area (Å²) >= 11 is 0. The van der Waals surface area contributed by atoms with Crippen LogP contribution in [-0.4, -0.2) is 69.4 Å². The topological polar surface area (TPSA) is 114 Å². The van der Waals surface area contributed by atoms with Gasteiger partial charge in [0.05, 0.1) is 33.8 Å². The molecule has 0 aliphatic carbocycles. The van der Waals surface area contributed by atoms with Gasteiger partial charge < -0.3 is 28.5 Å². The molecule has 0 aromatic carbocycles. The number of nitrogens with zero attached hydrogens (tertiary/aromatic N) is 1. The molecule has 0 aromatic heterocycles. The number of allylic oxidation sites excluding steroid dienone is 17. The summed E-state index contributed by atoms with van der Waals surface area (Å²) in [6.07, 6.45) is 67.6. The SMILES string of the molecule is CC\C=C/C=C/C=C/C=C\C=C\C=C\CCCCCC(=O)OC(/C=C/CCCCCCCCCCCCC)C(COP(=O)([O-])OCC[N+](C)(C)C)NC(=O)CCCCCCCC/C=C/C=C/CCCCC. The smallest absolute Gasteiger partial charge is 0.306 e. The number of carbonyl (C=O) groups is 2. The number of amides is 1. The molecule has 0 heterocycles. The van der Waals surface area contributed by atoms with E-state index in [0.29, 0.717) is 23.9 Å². The van der Waals surface area contributed by atoms with Crippen molar-refractivity contribution in [2.24, 2.45) is 0 Å². The first-order valence-corrected chi connectivity index (χ1v) is 29.8. The fraction of sp³-hybridized carbons (Fsp3) is 0.672. The van der Waals surface area contributed by atoms with Crippen molar-refractivity contribution in [3.8, 4) is 0 Å². The van der Waals surface area contributed by atoms with E-state index in [-0.39, 0.29) is 31.3 Å². The number of esters is 1. The third kappa shape index (κ3) is 51.4. The summed E-state index contributed by atoms with van der Waals surface area (Å²) in [5, 5.41) is 3.00. The van der Waals surface area contributed by atoms with Crippen LogP contribution in [0.25, 0.3) is 0 Å². The Morgan fingerprint density at radius 1 is 0.507 bits per heavy atom. The van der Waals surface area contributed by atoms with Crippen LogP contribution >= 0.6 is 7.82 Å². The Morgan fingerprint density at radius 3 is 1.41 bits per heavy atom. The number of nitrogens with one attached hydrogen (secondary N) is 1. The molecular weight excluding hydrogens is 904 g/mol. The van der Waals surface area contributed by atoms with Crippen LogP contribution in [0.3, 0.4) is 0 Å². The number of rotatable bonds is 49. The van der Waals surface area contributed by atoms with E-state index in [1.807, 2.05) is 94.1 Å². The van der Waals surface area contributed by atoms with Crippen LogP contribution in [0, 0.1) is 0 Å². The Kier molecular flexibility index (Phi) is 47.9. The summed E-state index contributed by atoms with van der Waals surface area (Å²) in [6.45, 7) is 6.60. The van der Waals surface area contributed by atoms with Gasteiger partial charge in [-0.1, -0.05) is 233 Å². The van der Waals surface area contributed by atoms with Gasteiger partial charge >= 0.3 is 5.97 Å². The van der Waals surface area contributed by atoms with E-state index in [2.05, 4.69) is 62.5 Å². The van der Waals surface area contributed by atoms with E-state index in [9.17, 15) is 19.0 Å². The van der Waals surface area contributed by atoms with Gasteiger partial charge in [0.1, 0.15) is 19.3 Å². The zero-order valence-corrected chi connectivity index (χ0v) is 47.0. The fourth-order valence-corrected chi connectivity index (χ4v) is 8.21. The lowest BCUT2D eigenvalue weighted by molar-refractivity contribution is -0.870. The maximum atomic E-state index is 13.5. The zero-order chi connectivity index (χ0) is 52.2. The van der Waals surface area contributed by atoms with Gasteiger partial charge in [0.15, 0.2) is 0 Å². The molecule has 0 saturated heterocycles. The van der Waals surface area contributed by atoms with Crippen molar-refractivity contribution in [2.75, 3.05) is 40.9 Å². The van der Waals surface area contributed by atoms with Crippen molar-refractivity contribution < 1.29 is 37.3 Å². The van der Waals surface area contributed by atoms with E-state index in [1.54, 1.807) is 0 Å². The number of hydrogen-bond acceptors (Lipinski definition) is 7. The normalized spacial score (nSPS) is 14.6. The second-order valence-electron chi connectivity index (χ2n) is 19.9. The molecule has 406 valence electrons. The number of phosphoric ester groups is 1. The summed E-state index contributed by atoms with van der Waals surface area (Å²) in [5.41, 5.74) is 0. The van der Waals surface area contributed by atoms with E-state index in [1.165, 1.54) is 77.0 Å². The van der Waals surface area contributed by atoms with Crippen LogP contribution < -0.4 is 10.2 Å². The largest absolute Gasteiger partial charge is 0.756 e. The molecule has 0 aliphatic rings. The molecule has 10 heteroatoms. The van der Waals surface area contributed by atoms with Gasteiger partial charge in [0.2, 0.25) is 5.91 Å². The Labute approximate surface area is 436 Å². The van der Waals surface area contributed by atoms with Gasteiger partial charge in [0, 0.05) is 12.8 Å². The molecule has 0 spiro atoms. The highest BCUT2D eigenvalue weighted by Crippen LogP contribution is 2.38. The number of carbonyl (C=O) groups excluding carboxylic acids is 2. The van der Waals surface area contributed by atoms with Gasteiger partial charge in [-0.15, -0.1) is 0 Å². The van der Waals surface area contributed by atoms with Gasteiger partial charge in [-0.25, -0.2) is 0 Å². The third-order valence-corrected chi connectivity index (χ3v) is 12.8. The summed E-state index contributed by atoms with van der Waals surface area (Å²) in [7, 11) is 1.13. The van der Waals surface area contributed by atoms with Crippen LogP contribution in [0.5, 0.6) is 0 Å². The average Bonchev–Trinajstić information content (AvgIpc) is 3.33. The molecule has 0 aromatic rings.